The van der Waals surface area contributed by atoms with Gasteiger partial charge >= 0.3 is 0 Å². The molecule has 0 aliphatic carbocycles. The summed E-state index contributed by atoms with van der Waals surface area (Å²) in [6.45, 7) is 0. The number of anilines is 2. The van der Waals surface area contributed by atoms with E-state index in [2.05, 4.69) is 10.6 Å². The van der Waals surface area contributed by atoms with Gasteiger partial charge in [0.15, 0.2) is 0 Å². The molecule has 3 rings (SSSR count). The highest BCUT2D eigenvalue weighted by molar-refractivity contribution is 6.34. The first-order chi connectivity index (χ1) is 13.5. The minimum Gasteiger partial charge on any atom is -0.494 e. The number of carbonyl (C=O) groups is 2. The van der Waals surface area contributed by atoms with E-state index in [0.29, 0.717) is 27.7 Å². The van der Waals surface area contributed by atoms with Crippen LogP contribution in [0, 0.1) is 5.82 Å². The van der Waals surface area contributed by atoms with Crippen LogP contribution in [0.1, 0.15) is 20.7 Å². The van der Waals surface area contributed by atoms with Gasteiger partial charge in [0.1, 0.15) is 11.6 Å². The van der Waals surface area contributed by atoms with E-state index in [0.717, 1.165) is 6.07 Å². The molecule has 0 spiro atoms. The number of hydrogen-bond acceptors (Lipinski definition) is 3. The van der Waals surface area contributed by atoms with Crippen molar-refractivity contribution in [3.63, 3.8) is 0 Å². The normalized spacial score (nSPS) is 10.2. The van der Waals surface area contributed by atoms with E-state index in [4.69, 9.17) is 16.3 Å². The quantitative estimate of drug-likeness (QED) is 0.636. The van der Waals surface area contributed by atoms with Gasteiger partial charge in [0.25, 0.3) is 11.8 Å². The number of methoxy groups -OCH3 is 1. The fourth-order valence-electron chi connectivity index (χ4n) is 2.54. The standard InChI is InChI=1S/C21H16ClFN2O3/c1-28-19-12-15(24-20(26)13-5-4-6-14(23)11-13)9-10-18(19)25-21(27)16-7-2-3-8-17(16)22/h2-12H,1H3,(H,24,26)(H,25,27). The minimum absolute atomic E-state index is 0.190. The lowest BCUT2D eigenvalue weighted by molar-refractivity contribution is 0.101. The van der Waals surface area contributed by atoms with E-state index in [1.165, 1.54) is 25.3 Å². The third kappa shape index (κ3) is 4.47. The number of hydrogen-bond donors (Lipinski definition) is 2. The molecule has 0 aliphatic rings. The molecule has 0 unspecified atom stereocenters. The minimum atomic E-state index is -0.497. The maximum Gasteiger partial charge on any atom is 0.257 e. The molecule has 0 fully saturated rings. The lowest BCUT2D eigenvalue weighted by atomic mass is 10.2. The fraction of sp³-hybridized carbons (Fsp3) is 0.0476. The SMILES string of the molecule is COc1cc(NC(=O)c2cccc(F)c2)ccc1NC(=O)c1ccccc1Cl. The number of rotatable bonds is 5. The van der Waals surface area contributed by atoms with Crippen molar-refractivity contribution >= 4 is 34.8 Å². The predicted molar refractivity (Wildman–Crippen MR) is 107 cm³/mol. The van der Waals surface area contributed by atoms with E-state index in [1.54, 1.807) is 42.5 Å². The second-order valence-corrected chi connectivity index (χ2v) is 6.22. The van der Waals surface area contributed by atoms with Crippen LogP contribution in [-0.2, 0) is 0 Å². The number of benzene rings is 3. The van der Waals surface area contributed by atoms with Gasteiger partial charge < -0.3 is 15.4 Å². The first kappa shape index (κ1) is 19.4. The van der Waals surface area contributed by atoms with E-state index in [9.17, 15) is 14.0 Å². The Morgan fingerprint density at radius 3 is 2.43 bits per heavy atom. The van der Waals surface area contributed by atoms with Crippen molar-refractivity contribution in [3.05, 3.63) is 88.7 Å². The van der Waals surface area contributed by atoms with Crippen LogP contribution in [0.3, 0.4) is 0 Å². The number of amides is 2. The van der Waals surface area contributed by atoms with Crippen molar-refractivity contribution in [1.29, 1.82) is 0 Å². The van der Waals surface area contributed by atoms with Crippen molar-refractivity contribution < 1.29 is 18.7 Å². The van der Waals surface area contributed by atoms with Crippen molar-refractivity contribution in [2.75, 3.05) is 17.7 Å². The summed E-state index contributed by atoms with van der Waals surface area (Å²) in [5.74, 6) is -1.00. The van der Waals surface area contributed by atoms with Crippen LogP contribution >= 0.6 is 11.6 Å². The fourth-order valence-corrected chi connectivity index (χ4v) is 2.76. The van der Waals surface area contributed by atoms with Gasteiger partial charge in [-0.05, 0) is 42.5 Å². The Bertz CT molecular complexity index is 1040. The Morgan fingerprint density at radius 1 is 0.929 bits per heavy atom. The van der Waals surface area contributed by atoms with Crippen molar-refractivity contribution in [3.8, 4) is 5.75 Å². The first-order valence-corrected chi connectivity index (χ1v) is 8.66. The lowest BCUT2D eigenvalue weighted by Crippen LogP contribution is -2.14. The number of carbonyl (C=O) groups excluding carboxylic acids is 2. The Balaban J connectivity index is 1.78. The molecule has 28 heavy (non-hydrogen) atoms. The van der Waals surface area contributed by atoms with Crippen LogP contribution in [0.4, 0.5) is 15.8 Å². The van der Waals surface area contributed by atoms with E-state index < -0.39 is 11.7 Å². The molecule has 0 aliphatic heterocycles. The van der Waals surface area contributed by atoms with Gasteiger partial charge in [-0.2, -0.15) is 0 Å². The van der Waals surface area contributed by atoms with Crippen LogP contribution in [0.2, 0.25) is 5.02 Å². The lowest BCUT2D eigenvalue weighted by Gasteiger charge is -2.13. The summed E-state index contributed by atoms with van der Waals surface area (Å²) in [6, 6.07) is 16.8. The second-order valence-electron chi connectivity index (χ2n) is 5.81. The molecular weight excluding hydrogens is 383 g/mol. The highest BCUT2D eigenvalue weighted by Gasteiger charge is 2.14. The zero-order chi connectivity index (χ0) is 20.1. The van der Waals surface area contributed by atoms with Gasteiger partial charge in [-0.3, -0.25) is 9.59 Å². The van der Waals surface area contributed by atoms with Crippen molar-refractivity contribution in [2.45, 2.75) is 0 Å². The molecule has 0 atom stereocenters. The average Bonchev–Trinajstić information content (AvgIpc) is 2.69. The van der Waals surface area contributed by atoms with Gasteiger partial charge in [0.05, 0.1) is 23.4 Å². The zero-order valence-corrected chi connectivity index (χ0v) is 15.6. The van der Waals surface area contributed by atoms with Crippen LogP contribution in [0.15, 0.2) is 66.7 Å². The molecule has 0 saturated carbocycles. The molecule has 0 saturated heterocycles. The molecule has 3 aromatic rings. The first-order valence-electron chi connectivity index (χ1n) is 8.29. The molecule has 3 aromatic carbocycles. The maximum atomic E-state index is 13.3. The van der Waals surface area contributed by atoms with Crippen LogP contribution in [0.5, 0.6) is 5.75 Å². The summed E-state index contributed by atoms with van der Waals surface area (Å²) in [7, 11) is 1.44. The molecular formula is C21H16ClFN2O3. The van der Waals surface area contributed by atoms with E-state index in [1.807, 2.05) is 0 Å². The Morgan fingerprint density at radius 2 is 1.71 bits per heavy atom. The summed E-state index contributed by atoms with van der Waals surface area (Å²) in [4.78, 5) is 24.7. The summed E-state index contributed by atoms with van der Waals surface area (Å²) < 4.78 is 18.6. The highest BCUT2D eigenvalue weighted by atomic mass is 35.5. The molecule has 142 valence electrons. The number of nitrogens with one attached hydrogen (secondary N) is 2. The summed E-state index contributed by atoms with van der Waals surface area (Å²) in [6.07, 6.45) is 0. The zero-order valence-electron chi connectivity index (χ0n) is 14.8. The third-order valence-electron chi connectivity index (χ3n) is 3.91. The largest absolute Gasteiger partial charge is 0.494 e. The van der Waals surface area contributed by atoms with E-state index >= 15 is 0 Å². The summed E-state index contributed by atoms with van der Waals surface area (Å²) >= 11 is 6.04. The van der Waals surface area contributed by atoms with Gasteiger partial charge in [0.2, 0.25) is 0 Å². The van der Waals surface area contributed by atoms with Crippen LogP contribution in [0.25, 0.3) is 0 Å². The molecule has 5 nitrogen and oxygen atoms in total. The second kappa shape index (κ2) is 8.54. The van der Waals surface area contributed by atoms with Crippen LogP contribution in [-0.4, -0.2) is 18.9 Å². The third-order valence-corrected chi connectivity index (χ3v) is 4.24. The Hall–Kier alpha value is -3.38. The molecule has 2 N–H and O–H groups in total. The Labute approximate surface area is 166 Å². The Kier molecular flexibility index (Phi) is 5.91. The smallest absolute Gasteiger partial charge is 0.257 e. The van der Waals surface area contributed by atoms with Crippen molar-refractivity contribution in [1.82, 2.24) is 0 Å². The van der Waals surface area contributed by atoms with Crippen LogP contribution < -0.4 is 15.4 Å². The predicted octanol–water partition coefficient (Wildman–Crippen LogP) is 4.99. The maximum absolute atomic E-state index is 13.3. The monoisotopic (exact) mass is 398 g/mol. The number of ether oxygens (including phenoxy) is 1. The van der Waals surface area contributed by atoms with Gasteiger partial charge in [-0.15, -0.1) is 0 Å². The van der Waals surface area contributed by atoms with Gasteiger partial charge in [-0.25, -0.2) is 4.39 Å². The molecule has 0 aromatic heterocycles. The molecule has 0 heterocycles. The topological polar surface area (TPSA) is 67.4 Å². The van der Waals surface area contributed by atoms with Gasteiger partial charge in [0, 0.05) is 17.3 Å². The number of halogens is 2. The molecule has 0 bridgehead atoms. The summed E-state index contributed by atoms with van der Waals surface area (Å²) in [5, 5.41) is 5.72. The molecule has 7 heteroatoms. The molecule has 0 radical (unpaired) electrons. The van der Waals surface area contributed by atoms with Crippen molar-refractivity contribution in [2.24, 2.45) is 0 Å². The summed E-state index contributed by atoms with van der Waals surface area (Å²) in [5.41, 5.74) is 1.36. The molecule has 2 amide bonds. The average molecular weight is 399 g/mol. The highest BCUT2D eigenvalue weighted by Crippen LogP contribution is 2.29. The van der Waals surface area contributed by atoms with E-state index in [-0.39, 0.29) is 11.5 Å². The van der Waals surface area contributed by atoms with Gasteiger partial charge in [-0.1, -0.05) is 29.8 Å².